The molecule has 0 aromatic carbocycles. The van der Waals surface area contributed by atoms with Gasteiger partial charge in [0.2, 0.25) is 15.9 Å². The van der Waals surface area contributed by atoms with Crippen LogP contribution < -0.4 is 5.32 Å². The molecule has 3 heterocycles. The average molecular weight is 527 g/mol. The maximum Gasteiger partial charge on any atom is 0.321 e. The first-order valence-electron chi connectivity index (χ1n) is 10.7. The van der Waals surface area contributed by atoms with Crippen LogP contribution in [0.25, 0.3) is 6.08 Å². The fourth-order valence-electron chi connectivity index (χ4n) is 3.53. The Morgan fingerprint density at radius 1 is 1.32 bits per heavy atom. The molecule has 1 aliphatic rings. The first kappa shape index (κ1) is 26.3. The van der Waals surface area contributed by atoms with E-state index in [4.69, 9.17) is 16.3 Å². The fourth-order valence-corrected chi connectivity index (χ4v) is 5.93. The zero-order chi connectivity index (χ0) is 24.7. The lowest BCUT2D eigenvalue weighted by Gasteiger charge is -2.26. The van der Waals surface area contributed by atoms with E-state index in [1.165, 1.54) is 17.4 Å². The van der Waals surface area contributed by atoms with Crippen molar-refractivity contribution in [3.05, 3.63) is 51.3 Å². The number of hydrogen-bond acceptors (Lipinski definition) is 8. The highest BCUT2D eigenvalue weighted by atomic mass is 35.5. The molecule has 34 heavy (non-hydrogen) atoms. The Balaban J connectivity index is 1.69. The van der Waals surface area contributed by atoms with Gasteiger partial charge >= 0.3 is 5.97 Å². The largest absolute Gasteiger partial charge is 0.462 e. The van der Waals surface area contributed by atoms with Crippen LogP contribution in [0.3, 0.4) is 0 Å². The highest BCUT2D eigenvalue weighted by molar-refractivity contribution is 7.92. The lowest BCUT2D eigenvalue weighted by molar-refractivity contribution is -0.147. The zero-order valence-electron chi connectivity index (χ0n) is 18.9. The third-order valence-electron chi connectivity index (χ3n) is 4.96. The van der Waals surface area contributed by atoms with E-state index in [0.29, 0.717) is 34.4 Å². The van der Waals surface area contributed by atoms with Gasteiger partial charge < -0.3 is 10.1 Å². The van der Waals surface area contributed by atoms with E-state index in [9.17, 15) is 18.0 Å². The van der Waals surface area contributed by atoms with Crippen molar-refractivity contribution in [2.75, 3.05) is 31.5 Å². The van der Waals surface area contributed by atoms with Gasteiger partial charge in [0.25, 0.3) is 0 Å². The van der Waals surface area contributed by atoms with E-state index in [2.05, 4.69) is 10.3 Å². The number of esters is 1. The summed E-state index contributed by atoms with van der Waals surface area (Å²) >= 11 is 7.17. The predicted octanol–water partition coefficient (Wildman–Crippen LogP) is 3.06. The summed E-state index contributed by atoms with van der Waals surface area (Å²) < 4.78 is 33.3. The molecular weight excluding hydrogens is 500 g/mol. The van der Waals surface area contributed by atoms with Crippen LogP contribution >= 0.6 is 22.9 Å². The number of aromatic nitrogens is 1. The molecule has 0 radical (unpaired) electrons. The summed E-state index contributed by atoms with van der Waals surface area (Å²) in [4.78, 5) is 31.2. The topological polar surface area (TPSA) is 109 Å². The van der Waals surface area contributed by atoms with E-state index in [0.717, 1.165) is 9.71 Å². The molecule has 0 spiro atoms. The van der Waals surface area contributed by atoms with Gasteiger partial charge in [-0.05, 0) is 50.6 Å². The summed E-state index contributed by atoms with van der Waals surface area (Å²) in [5.74, 6) is -0.838. The molecule has 184 valence electrons. The summed E-state index contributed by atoms with van der Waals surface area (Å²) in [7, 11) is -3.94. The van der Waals surface area contributed by atoms with Crippen LogP contribution in [-0.4, -0.2) is 72.8 Å². The van der Waals surface area contributed by atoms with E-state index >= 15 is 0 Å². The lowest BCUT2D eigenvalue weighted by atomic mass is 10.2. The summed E-state index contributed by atoms with van der Waals surface area (Å²) in [6, 6.07) is 6.30. The second-order valence-electron chi connectivity index (χ2n) is 8.04. The maximum absolute atomic E-state index is 13.2. The van der Waals surface area contributed by atoms with Gasteiger partial charge in [0, 0.05) is 47.5 Å². The van der Waals surface area contributed by atoms with Crippen LogP contribution in [-0.2, 0) is 24.3 Å². The van der Waals surface area contributed by atoms with Gasteiger partial charge in [0.1, 0.15) is 6.54 Å². The van der Waals surface area contributed by atoms with Gasteiger partial charge in [0.05, 0.1) is 17.0 Å². The molecule has 2 aromatic heterocycles. The van der Waals surface area contributed by atoms with Crippen molar-refractivity contribution < 1.29 is 22.7 Å². The molecule has 1 unspecified atom stereocenters. The first-order chi connectivity index (χ1) is 16.1. The molecule has 2 aromatic rings. The van der Waals surface area contributed by atoms with Crippen molar-refractivity contribution >= 4 is 56.6 Å². The van der Waals surface area contributed by atoms with Crippen LogP contribution in [0.5, 0.6) is 0 Å². The smallest absolute Gasteiger partial charge is 0.321 e. The number of rotatable bonds is 10. The number of nitrogens with zero attached hydrogens (tertiary/aromatic N) is 3. The van der Waals surface area contributed by atoms with Crippen molar-refractivity contribution in [2.45, 2.75) is 32.4 Å². The van der Waals surface area contributed by atoms with Crippen LogP contribution in [0, 0.1) is 0 Å². The van der Waals surface area contributed by atoms with Crippen LogP contribution in [0.2, 0.25) is 4.34 Å². The second-order valence-corrected chi connectivity index (χ2v) is 11.6. The van der Waals surface area contributed by atoms with Crippen molar-refractivity contribution in [1.29, 1.82) is 0 Å². The number of anilines is 1. The van der Waals surface area contributed by atoms with Gasteiger partial charge in [-0.3, -0.25) is 19.5 Å². The molecule has 12 heteroatoms. The lowest BCUT2D eigenvalue weighted by Crippen LogP contribution is -2.45. The first-order valence-corrected chi connectivity index (χ1v) is 13.4. The Labute approximate surface area is 208 Å². The van der Waals surface area contributed by atoms with Crippen LogP contribution in [0.4, 0.5) is 5.69 Å². The molecule has 3 rings (SSSR count). The highest BCUT2D eigenvalue weighted by Crippen LogP contribution is 2.25. The number of pyridine rings is 1. The number of carbonyl (C=O) groups is 2. The van der Waals surface area contributed by atoms with E-state index in [-0.39, 0.29) is 18.6 Å². The van der Waals surface area contributed by atoms with E-state index in [1.807, 2.05) is 4.90 Å². The number of amides is 1. The minimum absolute atomic E-state index is 0.104. The van der Waals surface area contributed by atoms with Crippen molar-refractivity contribution in [1.82, 2.24) is 14.2 Å². The Bertz CT molecular complexity index is 1120. The summed E-state index contributed by atoms with van der Waals surface area (Å²) in [5, 5.41) is 3.87. The SMILES string of the molecule is CC(C)OC(=O)CN(C1CCN(CC(=O)Nc2ccncc2)C1)S(=O)(=O)C=Cc1ccc(Cl)s1. The average Bonchev–Trinajstić information content (AvgIpc) is 3.39. The van der Waals surface area contributed by atoms with Gasteiger partial charge in [-0.2, -0.15) is 4.31 Å². The number of likely N-dealkylation sites (tertiary alicyclic amines) is 1. The van der Waals surface area contributed by atoms with Crippen LogP contribution in [0.15, 0.2) is 42.1 Å². The molecule has 1 amide bonds. The molecule has 0 saturated carbocycles. The van der Waals surface area contributed by atoms with Crippen molar-refractivity contribution in [3.8, 4) is 0 Å². The van der Waals surface area contributed by atoms with Gasteiger partial charge in [0.15, 0.2) is 0 Å². The highest BCUT2D eigenvalue weighted by Gasteiger charge is 2.36. The minimum Gasteiger partial charge on any atom is -0.462 e. The fraction of sp³-hybridized carbons (Fsp3) is 0.409. The van der Waals surface area contributed by atoms with E-state index < -0.39 is 28.6 Å². The molecule has 1 fully saturated rings. The summed E-state index contributed by atoms with van der Waals surface area (Å²) in [6.45, 7) is 3.94. The zero-order valence-corrected chi connectivity index (χ0v) is 21.3. The number of nitrogens with one attached hydrogen (secondary N) is 1. The van der Waals surface area contributed by atoms with Gasteiger partial charge in [-0.25, -0.2) is 8.42 Å². The molecular formula is C22H27ClN4O5S2. The number of halogens is 1. The standard InChI is InChI=1S/C22H27ClN4O5S2/c1-16(2)32-22(29)15-27(34(30,31)12-8-19-3-4-20(23)33-19)18-7-11-26(13-18)14-21(28)25-17-5-9-24-10-6-17/h3-6,8-10,12,16,18H,7,11,13-15H2,1-2H3,(H,24,25,28). The molecule has 1 N–H and O–H groups in total. The maximum atomic E-state index is 13.2. The number of ether oxygens (including phenoxy) is 1. The normalized spacial score (nSPS) is 17.0. The number of thiophene rings is 1. The number of hydrogen-bond donors (Lipinski definition) is 1. The quantitative estimate of drug-likeness (QED) is 0.474. The van der Waals surface area contributed by atoms with Crippen LogP contribution in [0.1, 0.15) is 25.1 Å². The number of carbonyl (C=O) groups excluding carboxylic acids is 2. The van der Waals surface area contributed by atoms with Crippen molar-refractivity contribution in [3.63, 3.8) is 0 Å². The van der Waals surface area contributed by atoms with Gasteiger partial charge in [-0.1, -0.05) is 11.6 Å². The summed E-state index contributed by atoms with van der Waals surface area (Å²) in [6.07, 6.45) is 4.74. The predicted molar refractivity (Wildman–Crippen MR) is 133 cm³/mol. The second kappa shape index (κ2) is 11.9. The van der Waals surface area contributed by atoms with E-state index in [1.54, 1.807) is 50.5 Å². The Morgan fingerprint density at radius 2 is 2.06 bits per heavy atom. The number of sulfonamides is 1. The third kappa shape index (κ3) is 7.88. The Hall–Kier alpha value is -2.31. The molecule has 0 aliphatic carbocycles. The molecule has 9 nitrogen and oxygen atoms in total. The Morgan fingerprint density at radius 3 is 2.71 bits per heavy atom. The Kier molecular flexibility index (Phi) is 9.20. The van der Waals surface area contributed by atoms with Gasteiger partial charge in [-0.15, -0.1) is 11.3 Å². The molecule has 1 atom stereocenters. The molecule has 1 aliphatic heterocycles. The molecule has 0 bridgehead atoms. The summed E-state index contributed by atoms with van der Waals surface area (Å²) in [5.41, 5.74) is 0.634. The monoisotopic (exact) mass is 526 g/mol. The molecule has 1 saturated heterocycles. The van der Waals surface area contributed by atoms with Crippen molar-refractivity contribution in [2.24, 2.45) is 0 Å². The third-order valence-corrected chi connectivity index (χ3v) is 7.72. The minimum atomic E-state index is -3.94.